The SMILES string of the molecule is O=C(C[NH2+][C@@H](c1ccccc1)c1ccc(Cl)cc1)N1CCNC1=O. The molecule has 0 spiro atoms. The molecule has 1 atom stereocenters. The fraction of sp³-hybridized carbons (Fsp3) is 0.222. The van der Waals surface area contributed by atoms with Gasteiger partial charge in [-0.2, -0.15) is 0 Å². The number of benzene rings is 2. The maximum Gasteiger partial charge on any atom is 0.324 e. The van der Waals surface area contributed by atoms with Crippen LogP contribution < -0.4 is 10.6 Å². The van der Waals surface area contributed by atoms with E-state index in [1.807, 2.05) is 59.9 Å². The van der Waals surface area contributed by atoms with Gasteiger partial charge in [-0.1, -0.05) is 54.1 Å². The first-order chi connectivity index (χ1) is 11.6. The van der Waals surface area contributed by atoms with Gasteiger partial charge in [-0.15, -0.1) is 0 Å². The lowest BCUT2D eigenvalue weighted by Gasteiger charge is -2.18. The van der Waals surface area contributed by atoms with Gasteiger partial charge in [0.05, 0.1) is 0 Å². The van der Waals surface area contributed by atoms with Crippen LogP contribution >= 0.6 is 11.6 Å². The van der Waals surface area contributed by atoms with Crippen LogP contribution in [0.3, 0.4) is 0 Å². The minimum Gasteiger partial charge on any atom is -0.336 e. The first-order valence-electron chi connectivity index (χ1n) is 7.87. The van der Waals surface area contributed by atoms with Gasteiger partial charge in [-0.3, -0.25) is 9.69 Å². The molecule has 1 heterocycles. The van der Waals surface area contributed by atoms with Gasteiger partial charge in [0.1, 0.15) is 6.04 Å². The molecular weight excluding hydrogens is 326 g/mol. The fourth-order valence-electron chi connectivity index (χ4n) is 2.83. The molecule has 124 valence electrons. The smallest absolute Gasteiger partial charge is 0.324 e. The number of nitrogens with two attached hydrogens (primary N) is 1. The van der Waals surface area contributed by atoms with E-state index in [0.717, 1.165) is 11.1 Å². The molecular formula is C18H19ClN3O2+. The van der Waals surface area contributed by atoms with Crippen molar-refractivity contribution in [3.05, 3.63) is 70.7 Å². The average Bonchev–Trinajstić information content (AvgIpc) is 3.03. The number of rotatable bonds is 5. The van der Waals surface area contributed by atoms with Crippen molar-refractivity contribution in [3.63, 3.8) is 0 Å². The van der Waals surface area contributed by atoms with Crippen LogP contribution in [0.4, 0.5) is 4.79 Å². The molecule has 0 aromatic heterocycles. The Labute approximate surface area is 145 Å². The number of halogens is 1. The first-order valence-corrected chi connectivity index (χ1v) is 8.25. The molecule has 6 heteroatoms. The van der Waals surface area contributed by atoms with Gasteiger partial charge < -0.3 is 10.6 Å². The van der Waals surface area contributed by atoms with Crippen LogP contribution in [0, 0.1) is 0 Å². The van der Waals surface area contributed by atoms with E-state index < -0.39 is 0 Å². The van der Waals surface area contributed by atoms with Crippen molar-refractivity contribution < 1.29 is 14.9 Å². The molecule has 1 fully saturated rings. The van der Waals surface area contributed by atoms with Gasteiger partial charge in [0.25, 0.3) is 5.91 Å². The summed E-state index contributed by atoms with van der Waals surface area (Å²) in [4.78, 5) is 25.2. The van der Waals surface area contributed by atoms with Crippen molar-refractivity contribution in [2.24, 2.45) is 0 Å². The number of urea groups is 1. The summed E-state index contributed by atoms with van der Waals surface area (Å²) in [5, 5.41) is 5.27. The summed E-state index contributed by atoms with van der Waals surface area (Å²) in [5.74, 6) is -0.181. The number of hydrogen-bond acceptors (Lipinski definition) is 2. The van der Waals surface area contributed by atoms with Crippen molar-refractivity contribution >= 4 is 23.5 Å². The Morgan fingerprint density at radius 3 is 2.42 bits per heavy atom. The molecule has 5 nitrogen and oxygen atoms in total. The van der Waals surface area contributed by atoms with Crippen LogP contribution in [0.1, 0.15) is 17.2 Å². The second-order valence-corrected chi connectivity index (χ2v) is 6.09. The molecule has 0 aliphatic carbocycles. The van der Waals surface area contributed by atoms with E-state index in [4.69, 9.17) is 11.6 Å². The minimum absolute atomic E-state index is 0.0296. The molecule has 1 saturated heterocycles. The van der Waals surface area contributed by atoms with Gasteiger partial charge >= 0.3 is 6.03 Å². The predicted molar refractivity (Wildman–Crippen MR) is 91.6 cm³/mol. The molecule has 2 aromatic rings. The third-order valence-electron chi connectivity index (χ3n) is 4.07. The molecule has 1 aliphatic rings. The second kappa shape index (κ2) is 7.47. The normalized spacial score (nSPS) is 15.2. The first kappa shape index (κ1) is 16.5. The molecule has 0 saturated carbocycles. The van der Waals surface area contributed by atoms with E-state index in [0.29, 0.717) is 18.1 Å². The van der Waals surface area contributed by atoms with E-state index in [9.17, 15) is 9.59 Å². The highest BCUT2D eigenvalue weighted by atomic mass is 35.5. The van der Waals surface area contributed by atoms with Crippen LogP contribution in [-0.2, 0) is 4.79 Å². The van der Waals surface area contributed by atoms with Crippen molar-refractivity contribution in [1.82, 2.24) is 10.2 Å². The van der Waals surface area contributed by atoms with Crippen LogP contribution in [0.15, 0.2) is 54.6 Å². The molecule has 3 N–H and O–H groups in total. The summed E-state index contributed by atoms with van der Waals surface area (Å²) in [6.45, 7) is 1.15. The molecule has 0 radical (unpaired) electrons. The Hall–Kier alpha value is -2.37. The number of hydrogen-bond donors (Lipinski definition) is 2. The Balaban J connectivity index is 1.76. The monoisotopic (exact) mass is 344 g/mol. The predicted octanol–water partition coefficient (Wildman–Crippen LogP) is 1.54. The molecule has 3 rings (SSSR count). The minimum atomic E-state index is -0.309. The Bertz CT molecular complexity index is 719. The number of nitrogens with one attached hydrogen (secondary N) is 1. The second-order valence-electron chi connectivity index (χ2n) is 5.66. The van der Waals surface area contributed by atoms with Crippen LogP contribution in [0.5, 0.6) is 0 Å². The number of carbonyl (C=O) groups excluding carboxylic acids is 2. The quantitative estimate of drug-likeness (QED) is 0.864. The average molecular weight is 345 g/mol. The Morgan fingerprint density at radius 2 is 1.79 bits per heavy atom. The van der Waals surface area contributed by atoms with Crippen LogP contribution in [-0.4, -0.2) is 36.5 Å². The van der Waals surface area contributed by atoms with E-state index in [1.165, 1.54) is 4.90 Å². The maximum absolute atomic E-state index is 12.3. The number of carbonyl (C=O) groups is 2. The summed E-state index contributed by atoms with van der Waals surface area (Å²) < 4.78 is 0. The number of nitrogens with zero attached hydrogens (tertiary/aromatic N) is 1. The van der Waals surface area contributed by atoms with Gasteiger partial charge in [0.15, 0.2) is 6.54 Å². The number of imide groups is 1. The topological polar surface area (TPSA) is 66.0 Å². The Morgan fingerprint density at radius 1 is 1.12 bits per heavy atom. The highest BCUT2D eigenvalue weighted by molar-refractivity contribution is 6.30. The molecule has 2 aromatic carbocycles. The standard InChI is InChI=1S/C18H18ClN3O2/c19-15-8-6-14(7-9-15)17(13-4-2-1-3-5-13)21-12-16(23)22-11-10-20-18(22)24/h1-9,17,21H,10-12H2,(H,20,24)/p+1/t17-/m0/s1. The molecule has 3 amide bonds. The largest absolute Gasteiger partial charge is 0.336 e. The summed E-state index contributed by atoms with van der Waals surface area (Å²) in [5.41, 5.74) is 2.16. The zero-order valence-corrected chi connectivity index (χ0v) is 13.9. The molecule has 1 aliphatic heterocycles. The Kier molecular flexibility index (Phi) is 5.13. The van der Waals surface area contributed by atoms with Crippen molar-refractivity contribution in [2.75, 3.05) is 19.6 Å². The van der Waals surface area contributed by atoms with Gasteiger partial charge in [0.2, 0.25) is 0 Å². The van der Waals surface area contributed by atoms with Gasteiger partial charge in [-0.25, -0.2) is 4.79 Å². The van der Waals surface area contributed by atoms with E-state index in [2.05, 4.69) is 5.32 Å². The molecule has 0 bridgehead atoms. The third kappa shape index (κ3) is 3.75. The fourth-order valence-corrected chi connectivity index (χ4v) is 2.96. The van der Waals surface area contributed by atoms with Crippen LogP contribution in [0.25, 0.3) is 0 Å². The zero-order valence-electron chi connectivity index (χ0n) is 13.1. The van der Waals surface area contributed by atoms with Gasteiger partial charge in [0, 0.05) is 29.2 Å². The lowest BCUT2D eigenvalue weighted by molar-refractivity contribution is -0.677. The summed E-state index contributed by atoms with van der Waals surface area (Å²) >= 11 is 5.98. The van der Waals surface area contributed by atoms with Crippen molar-refractivity contribution in [2.45, 2.75) is 6.04 Å². The maximum atomic E-state index is 12.3. The van der Waals surface area contributed by atoms with Gasteiger partial charge in [-0.05, 0) is 12.1 Å². The molecule has 0 unspecified atom stereocenters. The van der Waals surface area contributed by atoms with Crippen LogP contribution in [0.2, 0.25) is 5.02 Å². The van der Waals surface area contributed by atoms with Crippen molar-refractivity contribution in [1.29, 1.82) is 0 Å². The summed E-state index contributed by atoms with van der Waals surface area (Å²) in [7, 11) is 0. The zero-order chi connectivity index (χ0) is 16.9. The highest BCUT2D eigenvalue weighted by Gasteiger charge is 2.28. The third-order valence-corrected chi connectivity index (χ3v) is 4.33. The van der Waals surface area contributed by atoms with E-state index in [1.54, 1.807) is 0 Å². The highest BCUT2D eigenvalue weighted by Crippen LogP contribution is 2.20. The van der Waals surface area contributed by atoms with E-state index in [-0.39, 0.29) is 24.5 Å². The van der Waals surface area contributed by atoms with E-state index >= 15 is 0 Å². The number of amides is 3. The molecule has 24 heavy (non-hydrogen) atoms. The lowest BCUT2D eigenvalue weighted by atomic mass is 9.99. The lowest BCUT2D eigenvalue weighted by Crippen LogP contribution is -2.87. The number of quaternary nitrogens is 1. The summed E-state index contributed by atoms with van der Waals surface area (Å²) in [6.07, 6.45) is 0. The van der Waals surface area contributed by atoms with Crippen molar-refractivity contribution in [3.8, 4) is 0 Å². The summed E-state index contributed by atoms with van der Waals surface area (Å²) in [6, 6.07) is 17.2.